The van der Waals surface area contributed by atoms with E-state index in [0.717, 1.165) is 25.3 Å². The van der Waals surface area contributed by atoms with Crippen LogP contribution >= 0.6 is 0 Å². The van der Waals surface area contributed by atoms with Crippen LogP contribution in [0.25, 0.3) is 0 Å². The molecule has 0 aliphatic heterocycles. The van der Waals surface area contributed by atoms with Crippen LogP contribution in [0.4, 0.5) is 11.9 Å². The molecule has 0 atom stereocenters. The Morgan fingerprint density at radius 3 is 3.00 bits per heavy atom. The summed E-state index contributed by atoms with van der Waals surface area (Å²) in [7, 11) is 1.84. The van der Waals surface area contributed by atoms with Crippen molar-refractivity contribution in [2.75, 3.05) is 17.6 Å². The zero-order valence-corrected chi connectivity index (χ0v) is 8.77. The van der Waals surface area contributed by atoms with Crippen molar-refractivity contribution < 1.29 is 0 Å². The Kier molecular flexibility index (Phi) is 2.71. The van der Waals surface area contributed by atoms with E-state index >= 15 is 0 Å². The van der Waals surface area contributed by atoms with Crippen LogP contribution in [0.15, 0.2) is 23.8 Å². The maximum atomic E-state index is 5.56. The van der Waals surface area contributed by atoms with Crippen LogP contribution in [0.5, 0.6) is 0 Å². The van der Waals surface area contributed by atoms with Gasteiger partial charge in [-0.25, -0.2) is 0 Å². The Hall–Kier alpha value is -1.78. The number of rotatable bonds is 4. The minimum Gasteiger partial charge on any atom is -0.368 e. The van der Waals surface area contributed by atoms with Crippen LogP contribution in [-0.2, 0) is 7.05 Å². The standard InChI is InChI=1S/C10H15N5/c1-15-9(11)13-14-10(15)12-7-6-8-4-2-3-5-8/h2,4-5H,3,6-7H2,1H3,(H2,11,13)(H,12,14). The van der Waals surface area contributed by atoms with Gasteiger partial charge in [0.15, 0.2) is 0 Å². The second kappa shape index (κ2) is 4.16. The van der Waals surface area contributed by atoms with Crippen molar-refractivity contribution in [3.05, 3.63) is 23.8 Å². The molecule has 0 bridgehead atoms. The van der Waals surface area contributed by atoms with Crippen molar-refractivity contribution in [1.29, 1.82) is 0 Å². The minimum absolute atomic E-state index is 0.428. The summed E-state index contributed by atoms with van der Waals surface area (Å²) in [4.78, 5) is 0. The Morgan fingerprint density at radius 2 is 2.40 bits per heavy atom. The molecule has 0 aromatic carbocycles. The Bertz CT molecular complexity index is 402. The van der Waals surface area contributed by atoms with Crippen LogP contribution in [0.2, 0.25) is 0 Å². The molecule has 1 aliphatic rings. The first kappa shape index (κ1) is 9.76. The van der Waals surface area contributed by atoms with E-state index in [0.29, 0.717) is 5.95 Å². The molecule has 0 amide bonds. The van der Waals surface area contributed by atoms with Crippen molar-refractivity contribution in [2.24, 2.45) is 7.05 Å². The van der Waals surface area contributed by atoms with Crippen molar-refractivity contribution in [1.82, 2.24) is 14.8 Å². The average Bonchev–Trinajstić information content (AvgIpc) is 2.83. The topological polar surface area (TPSA) is 68.8 Å². The predicted molar refractivity (Wildman–Crippen MR) is 60.4 cm³/mol. The number of nitrogens with zero attached hydrogens (tertiary/aromatic N) is 3. The van der Waals surface area contributed by atoms with Crippen molar-refractivity contribution >= 4 is 11.9 Å². The highest BCUT2D eigenvalue weighted by molar-refractivity contribution is 5.34. The first-order chi connectivity index (χ1) is 7.27. The third-order valence-electron chi connectivity index (χ3n) is 2.45. The van der Waals surface area contributed by atoms with Crippen molar-refractivity contribution in [2.45, 2.75) is 12.8 Å². The lowest BCUT2D eigenvalue weighted by Crippen LogP contribution is -2.08. The van der Waals surface area contributed by atoms with Crippen LogP contribution in [0, 0.1) is 0 Å². The van der Waals surface area contributed by atoms with Gasteiger partial charge in [-0.3, -0.25) is 4.57 Å². The molecule has 80 valence electrons. The summed E-state index contributed by atoms with van der Waals surface area (Å²) in [6, 6.07) is 0. The molecular formula is C10H15N5. The predicted octanol–water partition coefficient (Wildman–Crippen LogP) is 1.09. The molecule has 2 rings (SSSR count). The smallest absolute Gasteiger partial charge is 0.225 e. The average molecular weight is 205 g/mol. The van der Waals surface area contributed by atoms with E-state index in [4.69, 9.17) is 5.73 Å². The van der Waals surface area contributed by atoms with E-state index in [1.165, 1.54) is 5.57 Å². The highest BCUT2D eigenvalue weighted by Gasteiger charge is 2.04. The van der Waals surface area contributed by atoms with E-state index in [-0.39, 0.29) is 0 Å². The summed E-state index contributed by atoms with van der Waals surface area (Å²) in [5.41, 5.74) is 6.93. The van der Waals surface area contributed by atoms with E-state index < -0.39 is 0 Å². The van der Waals surface area contributed by atoms with Gasteiger partial charge in [0.1, 0.15) is 0 Å². The molecule has 5 nitrogen and oxygen atoms in total. The second-order valence-corrected chi connectivity index (χ2v) is 3.53. The summed E-state index contributed by atoms with van der Waals surface area (Å²) >= 11 is 0. The zero-order chi connectivity index (χ0) is 10.7. The van der Waals surface area contributed by atoms with Crippen LogP contribution in [0.1, 0.15) is 12.8 Å². The maximum absolute atomic E-state index is 5.56. The van der Waals surface area contributed by atoms with Gasteiger partial charge in [0.2, 0.25) is 11.9 Å². The van der Waals surface area contributed by atoms with Crippen molar-refractivity contribution in [3.8, 4) is 0 Å². The lowest BCUT2D eigenvalue weighted by atomic mass is 10.2. The van der Waals surface area contributed by atoms with Gasteiger partial charge in [-0.1, -0.05) is 23.8 Å². The zero-order valence-electron chi connectivity index (χ0n) is 8.77. The molecule has 0 fully saturated rings. The van der Waals surface area contributed by atoms with Gasteiger partial charge in [-0.05, 0) is 12.8 Å². The second-order valence-electron chi connectivity index (χ2n) is 3.53. The van der Waals surface area contributed by atoms with Crippen LogP contribution in [0.3, 0.4) is 0 Å². The van der Waals surface area contributed by atoms with E-state index in [9.17, 15) is 0 Å². The van der Waals surface area contributed by atoms with Gasteiger partial charge in [-0.15, -0.1) is 10.2 Å². The van der Waals surface area contributed by atoms with Gasteiger partial charge < -0.3 is 11.1 Å². The quantitative estimate of drug-likeness (QED) is 0.772. The fourth-order valence-electron chi connectivity index (χ4n) is 1.51. The van der Waals surface area contributed by atoms with E-state index in [2.05, 4.69) is 33.7 Å². The van der Waals surface area contributed by atoms with Gasteiger partial charge >= 0.3 is 0 Å². The molecule has 5 heteroatoms. The molecule has 0 radical (unpaired) electrons. The summed E-state index contributed by atoms with van der Waals surface area (Å²) in [5, 5.41) is 10.9. The van der Waals surface area contributed by atoms with E-state index in [1.54, 1.807) is 4.57 Å². The molecule has 3 N–H and O–H groups in total. The summed E-state index contributed by atoms with van der Waals surface area (Å²) in [6.07, 6.45) is 8.62. The Balaban J connectivity index is 1.83. The van der Waals surface area contributed by atoms with Crippen LogP contribution in [-0.4, -0.2) is 21.3 Å². The molecule has 1 heterocycles. The Morgan fingerprint density at radius 1 is 1.53 bits per heavy atom. The fraction of sp³-hybridized carbons (Fsp3) is 0.400. The first-order valence-electron chi connectivity index (χ1n) is 5.01. The minimum atomic E-state index is 0.428. The summed E-state index contributed by atoms with van der Waals surface area (Å²) < 4.78 is 1.73. The number of anilines is 2. The van der Waals surface area contributed by atoms with Crippen LogP contribution < -0.4 is 11.1 Å². The molecule has 1 aromatic heterocycles. The normalized spacial score (nSPS) is 14.3. The highest BCUT2D eigenvalue weighted by Crippen LogP contribution is 2.13. The van der Waals surface area contributed by atoms with Crippen molar-refractivity contribution in [3.63, 3.8) is 0 Å². The monoisotopic (exact) mass is 205 g/mol. The number of aromatic nitrogens is 3. The molecule has 0 spiro atoms. The fourth-order valence-corrected chi connectivity index (χ4v) is 1.51. The number of nitrogens with two attached hydrogens (primary N) is 1. The molecule has 0 unspecified atom stereocenters. The number of nitrogens with one attached hydrogen (secondary N) is 1. The molecule has 0 saturated carbocycles. The number of hydrogen-bond donors (Lipinski definition) is 2. The Labute approximate surface area is 88.7 Å². The first-order valence-corrected chi connectivity index (χ1v) is 5.01. The van der Waals surface area contributed by atoms with Gasteiger partial charge in [0.05, 0.1) is 0 Å². The third-order valence-corrected chi connectivity index (χ3v) is 2.45. The summed E-state index contributed by atoms with van der Waals surface area (Å²) in [6.45, 7) is 0.849. The lowest BCUT2D eigenvalue weighted by Gasteiger charge is -2.04. The highest BCUT2D eigenvalue weighted by atomic mass is 15.4. The molecule has 1 aromatic rings. The number of nitrogen functional groups attached to an aromatic ring is 1. The summed E-state index contributed by atoms with van der Waals surface area (Å²) in [5.74, 6) is 1.15. The largest absolute Gasteiger partial charge is 0.368 e. The SMILES string of the molecule is Cn1c(N)nnc1NCCC1=CCC=C1. The third kappa shape index (κ3) is 2.18. The lowest BCUT2D eigenvalue weighted by molar-refractivity contribution is 0.899. The van der Waals surface area contributed by atoms with Gasteiger partial charge in [-0.2, -0.15) is 0 Å². The van der Waals surface area contributed by atoms with Gasteiger partial charge in [0, 0.05) is 13.6 Å². The molecular weight excluding hydrogens is 190 g/mol. The van der Waals surface area contributed by atoms with E-state index in [1.807, 2.05) is 7.05 Å². The molecule has 15 heavy (non-hydrogen) atoms. The molecule has 0 saturated heterocycles. The molecule has 1 aliphatic carbocycles. The number of hydrogen-bond acceptors (Lipinski definition) is 4. The van der Waals surface area contributed by atoms with Gasteiger partial charge in [0.25, 0.3) is 0 Å². The maximum Gasteiger partial charge on any atom is 0.225 e. The number of allylic oxidation sites excluding steroid dienone is 3.